The monoisotopic (exact) mass is 268 g/mol. The van der Waals surface area contributed by atoms with Crippen molar-refractivity contribution in [3.8, 4) is 0 Å². The number of hydrazine groups is 1. The van der Waals surface area contributed by atoms with Crippen LogP contribution in [0.1, 0.15) is 18.4 Å². The van der Waals surface area contributed by atoms with Crippen LogP contribution in [0.5, 0.6) is 0 Å². The third-order valence-corrected chi connectivity index (χ3v) is 4.39. The highest BCUT2D eigenvalue weighted by Gasteiger charge is 2.51. The van der Waals surface area contributed by atoms with Gasteiger partial charge in [0.25, 0.3) is 0 Å². The minimum absolute atomic E-state index is 0.0721. The lowest BCUT2D eigenvalue weighted by Crippen LogP contribution is -2.41. The van der Waals surface area contributed by atoms with Crippen LogP contribution in [-0.2, 0) is 20.0 Å². The number of hydrogen-bond acceptors (Lipinski definition) is 4. The summed E-state index contributed by atoms with van der Waals surface area (Å²) in [4.78, 5) is 12.2. The summed E-state index contributed by atoms with van der Waals surface area (Å²) in [6.45, 7) is 0. The molecular formula is C12H16N2O3S. The first kappa shape index (κ1) is 13.0. The van der Waals surface area contributed by atoms with Crippen LogP contribution >= 0.6 is 0 Å². The molecule has 1 saturated carbocycles. The van der Waals surface area contributed by atoms with Gasteiger partial charge < -0.3 is 0 Å². The third-order valence-electron chi connectivity index (χ3n) is 3.26. The quantitative estimate of drug-likeness (QED) is 0.774. The minimum Gasteiger partial charge on any atom is -0.291 e. The molecule has 0 atom stereocenters. The van der Waals surface area contributed by atoms with E-state index in [9.17, 15) is 13.2 Å². The molecule has 1 aromatic rings. The van der Waals surface area contributed by atoms with E-state index in [-0.39, 0.29) is 10.8 Å². The van der Waals surface area contributed by atoms with Crippen molar-refractivity contribution in [3.63, 3.8) is 0 Å². The highest BCUT2D eigenvalue weighted by atomic mass is 32.2. The second-order valence-electron chi connectivity index (χ2n) is 4.58. The fourth-order valence-corrected chi connectivity index (χ4v) is 2.66. The summed E-state index contributed by atoms with van der Waals surface area (Å²) in [7, 11) is -1.55. The van der Waals surface area contributed by atoms with E-state index in [4.69, 9.17) is 0 Å². The van der Waals surface area contributed by atoms with Crippen molar-refractivity contribution in [2.45, 2.75) is 23.2 Å². The van der Waals surface area contributed by atoms with Gasteiger partial charge in [-0.25, -0.2) is 13.8 Å². The van der Waals surface area contributed by atoms with Gasteiger partial charge in [0.2, 0.25) is 5.91 Å². The maximum Gasteiger partial charge on any atom is 0.244 e. The van der Waals surface area contributed by atoms with E-state index in [2.05, 4.69) is 10.9 Å². The molecule has 1 aliphatic carbocycles. The van der Waals surface area contributed by atoms with E-state index in [0.717, 1.165) is 18.4 Å². The zero-order valence-electron chi connectivity index (χ0n) is 10.4. The Kier molecular flexibility index (Phi) is 3.16. The molecule has 1 aromatic carbocycles. The maximum absolute atomic E-state index is 11.9. The summed E-state index contributed by atoms with van der Waals surface area (Å²) >= 11 is 0. The Labute approximate surface area is 106 Å². The molecule has 98 valence electrons. The Hall–Kier alpha value is -1.40. The molecular weight excluding hydrogens is 252 g/mol. The SMILES string of the molecule is CNNC(=O)C1(c2ccc(S(C)(=O)=O)cc2)CC1. The molecule has 2 rings (SSSR count). The highest BCUT2D eigenvalue weighted by molar-refractivity contribution is 7.90. The standard InChI is InChI=1S/C12H16N2O3S/c1-13-14-11(15)12(7-8-12)9-3-5-10(6-4-9)18(2,16)17/h3-6,13H,7-8H2,1-2H3,(H,14,15). The van der Waals surface area contributed by atoms with Gasteiger partial charge in [-0.2, -0.15) is 0 Å². The first-order valence-electron chi connectivity index (χ1n) is 5.68. The summed E-state index contributed by atoms with van der Waals surface area (Å²) in [6, 6.07) is 6.55. The second kappa shape index (κ2) is 4.37. The van der Waals surface area contributed by atoms with Crippen LogP contribution in [0.15, 0.2) is 29.2 Å². The van der Waals surface area contributed by atoms with Crippen molar-refractivity contribution in [1.82, 2.24) is 10.9 Å². The molecule has 18 heavy (non-hydrogen) atoms. The molecule has 0 bridgehead atoms. The van der Waals surface area contributed by atoms with Gasteiger partial charge in [-0.1, -0.05) is 12.1 Å². The molecule has 0 heterocycles. The average Bonchev–Trinajstić information content (AvgIpc) is 3.09. The van der Waals surface area contributed by atoms with E-state index in [1.165, 1.54) is 6.26 Å². The Morgan fingerprint density at radius 3 is 2.17 bits per heavy atom. The van der Waals surface area contributed by atoms with Crippen molar-refractivity contribution in [1.29, 1.82) is 0 Å². The molecule has 0 aromatic heterocycles. The first-order valence-corrected chi connectivity index (χ1v) is 7.57. The van der Waals surface area contributed by atoms with Gasteiger partial charge in [-0.05, 0) is 30.5 Å². The summed E-state index contributed by atoms with van der Waals surface area (Å²) in [5.74, 6) is -0.0721. The van der Waals surface area contributed by atoms with Gasteiger partial charge in [0.1, 0.15) is 0 Å². The fraction of sp³-hybridized carbons (Fsp3) is 0.417. The molecule has 1 fully saturated rings. The van der Waals surface area contributed by atoms with Crippen LogP contribution in [0.4, 0.5) is 0 Å². The highest BCUT2D eigenvalue weighted by Crippen LogP contribution is 2.48. The Morgan fingerprint density at radius 1 is 1.22 bits per heavy atom. The van der Waals surface area contributed by atoms with E-state index >= 15 is 0 Å². The Morgan fingerprint density at radius 2 is 1.78 bits per heavy atom. The number of sulfone groups is 1. The van der Waals surface area contributed by atoms with Gasteiger partial charge in [0, 0.05) is 13.3 Å². The Bertz CT molecular complexity index is 559. The lowest BCUT2D eigenvalue weighted by Gasteiger charge is -2.15. The number of hydrogen-bond donors (Lipinski definition) is 2. The van der Waals surface area contributed by atoms with Crippen molar-refractivity contribution in [2.75, 3.05) is 13.3 Å². The third kappa shape index (κ3) is 2.26. The van der Waals surface area contributed by atoms with Crippen LogP contribution in [-0.4, -0.2) is 27.6 Å². The van der Waals surface area contributed by atoms with Crippen LogP contribution in [0, 0.1) is 0 Å². The maximum atomic E-state index is 11.9. The topological polar surface area (TPSA) is 75.3 Å². The lowest BCUT2D eigenvalue weighted by atomic mass is 9.95. The number of rotatable bonds is 4. The van der Waals surface area contributed by atoms with Gasteiger partial charge in [0.15, 0.2) is 9.84 Å². The predicted molar refractivity (Wildman–Crippen MR) is 67.7 cm³/mol. The molecule has 5 nitrogen and oxygen atoms in total. The van der Waals surface area contributed by atoms with Gasteiger partial charge >= 0.3 is 0 Å². The number of amides is 1. The molecule has 0 radical (unpaired) electrons. The van der Waals surface area contributed by atoms with Crippen LogP contribution in [0.2, 0.25) is 0 Å². The zero-order valence-corrected chi connectivity index (χ0v) is 11.2. The predicted octanol–water partition coefficient (Wildman–Crippen LogP) is 0.372. The van der Waals surface area contributed by atoms with Crippen molar-refractivity contribution in [3.05, 3.63) is 29.8 Å². The van der Waals surface area contributed by atoms with E-state index in [1.54, 1.807) is 31.3 Å². The van der Waals surface area contributed by atoms with E-state index in [0.29, 0.717) is 0 Å². The number of carbonyl (C=O) groups excluding carboxylic acids is 1. The number of benzene rings is 1. The largest absolute Gasteiger partial charge is 0.291 e. The Balaban J connectivity index is 2.28. The van der Waals surface area contributed by atoms with Crippen LogP contribution < -0.4 is 10.9 Å². The molecule has 2 N–H and O–H groups in total. The normalized spacial score (nSPS) is 17.2. The van der Waals surface area contributed by atoms with Gasteiger partial charge in [-0.15, -0.1) is 0 Å². The first-order chi connectivity index (χ1) is 8.40. The van der Waals surface area contributed by atoms with Crippen molar-refractivity contribution < 1.29 is 13.2 Å². The van der Waals surface area contributed by atoms with Gasteiger partial charge in [-0.3, -0.25) is 10.2 Å². The van der Waals surface area contributed by atoms with E-state index in [1.807, 2.05) is 0 Å². The summed E-state index contributed by atoms with van der Waals surface area (Å²) in [6.07, 6.45) is 2.75. The molecule has 0 spiro atoms. The van der Waals surface area contributed by atoms with Gasteiger partial charge in [0.05, 0.1) is 10.3 Å². The molecule has 6 heteroatoms. The average molecular weight is 268 g/mol. The number of nitrogens with one attached hydrogen (secondary N) is 2. The molecule has 1 aliphatic rings. The molecule has 0 saturated heterocycles. The molecule has 1 amide bonds. The molecule has 0 aliphatic heterocycles. The van der Waals surface area contributed by atoms with Crippen molar-refractivity contribution >= 4 is 15.7 Å². The lowest BCUT2D eigenvalue weighted by molar-refractivity contribution is -0.124. The van der Waals surface area contributed by atoms with Crippen molar-refractivity contribution in [2.24, 2.45) is 0 Å². The fourth-order valence-electron chi connectivity index (χ4n) is 2.03. The second-order valence-corrected chi connectivity index (χ2v) is 6.60. The smallest absolute Gasteiger partial charge is 0.244 e. The van der Waals surface area contributed by atoms with E-state index < -0.39 is 15.3 Å². The number of carbonyl (C=O) groups is 1. The van der Waals surface area contributed by atoms with Crippen LogP contribution in [0.25, 0.3) is 0 Å². The summed E-state index contributed by atoms with van der Waals surface area (Å²) in [5.41, 5.74) is 5.58. The zero-order chi connectivity index (χ0) is 13.4. The summed E-state index contributed by atoms with van der Waals surface area (Å²) < 4.78 is 22.7. The van der Waals surface area contributed by atoms with Crippen LogP contribution in [0.3, 0.4) is 0 Å². The summed E-state index contributed by atoms with van der Waals surface area (Å²) in [5, 5.41) is 0. The minimum atomic E-state index is -3.19. The molecule has 0 unspecified atom stereocenters.